The molecule has 0 saturated carbocycles. The average molecular weight is 313 g/mol. The van der Waals surface area contributed by atoms with Crippen LogP contribution in [0.1, 0.15) is 11.1 Å². The summed E-state index contributed by atoms with van der Waals surface area (Å²) in [4.78, 5) is 0. The Bertz CT molecular complexity index is 637. The molecule has 1 aromatic heterocycles. The Labute approximate surface area is 112 Å². The Morgan fingerprint density at radius 3 is 2.71 bits per heavy atom. The molecule has 0 atom stereocenters. The highest BCUT2D eigenvalue weighted by Gasteiger charge is 2.13. The normalized spacial score (nSPS) is 10.6. The number of halogens is 2. The van der Waals surface area contributed by atoms with Gasteiger partial charge in [-0.2, -0.15) is 5.10 Å². The minimum Gasteiger partial charge on any atom is -0.267 e. The molecule has 0 radical (unpaired) electrons. The highest BCUT2D eigenvalue weighted by molar-refractivity contribution is 9.10. The Morgan fingerprint density at radius 1 is 1.29 bits per heavy atom. The van der Waals surface area contributed by atoms with Crippen molar-refractivity contribution in [3.05, 3.63) is 44.3 Å². The van der Waals surface area contributed by atoms with E-state index < -0.39 is 0 Å². The number of hydrogen-bond acceptors (Lipinski definition) is 2. The van der Waals surface area contributed by atoms with Gasteiger partial charge >= 0.3 is 0 Å². The van der Waals surface area contributed by atoms with Gasteiger partial charge in [0.15, 0.2) is 0 Å². The summed E-state index contributed by atoms with van der Waals surface area (Å²) >= 11 is 8.26. The predicted octanol–water partition coefficient (Wildman–Crippen LogP) is 4.32. The fourth-order valence-corrected chi connectivity index (χ4v) is 2.14. The van der Waals surface area contributed by atoms with Crippen LogP contribution in [0, 0.1) is 24.3 Å². The molecule has 1 heterocycles. The van der Waals surface area contributed by atoms with E-state index in [4.69, 9.17) is 12.2 Å². The summed E-state index contributed by atoms with van der Waals surface area (Å²) in [7, 11) is 0. The molecular formula is C12H10BrFN2S. The van der Waals surface area contributed by atoms with Crippen LogP contribution in [0.4, 0.5) is 4.39 Å². The third-order valence-electron chi connectivity index (χ3n) is 2.73. The van der Waals surface area contributed by atoms with Gasteiger partial charge in [0.1, 0.15) is 10.5 Å². The van der Waals surface area contributed by atoms with Crippen molar-refractivity contribution in [2.45, 2.75) is 13.8 Å². The second-order valence-corrected chi connectivity index (χ2v) is 5.02. The Morgan fingerprint density at radius 2 is 2.00 bits per heavy atom. The zero-order valence-corrected chi connectivity index (χ0v) is 11.7. The topological polar surface area (TPSA) is 28.7 Å². The van der Waals surface area contributed by atoms with Crippen molar-refractivity contribution in [1.82, 2.24) is 10.2 Å². The van der Waals surface area contributed by atoms with Crippen LogP contribution >= 0.6 is 28.1 Å². The maximum atomic E-state index is 14.0. The first-order valence-electron chi connectivity index (χ1n) is 5.02. The van der Waals surface area contributed by atoms with E-state index >= 15 is 0 Å². The van der Waals surface area contributed by atoms with Gasteiger partial charge in [-0.25, -0.2) is 4.39 Å². The van der Waals surface area contributed by atoms with Gasteiger partial charge < -0.3 is 0 Å². The number of aromatic nitrogens is 2. The maximum absolute atomic E-state index is 14.0. The Balaban J connectivity index is 2.74. The highest BCUT2D eigenvalue weighted by atomic mass is 79.9. The van der Waals surface area contributed by atoms with Crippen LogP contribution in [-0.2, 0) is 0 Å². The summed E-state index contributed by atoms with van der Waals surface area (Å²) < 4.78 is 15.0. The molecule has 0 aliphatic heterocycles. The van der Waals surface area contributed by atoms with Crippen LogP contribution in [0.25, 0.3) is 11.3 Å². The average Bonchev–Trinajstić information content (AvgIpc) is 2.31. The molecule has 1 N–H and O–H groups in total. The number of hydrogen-bond donors (Lipinski definition) is 1. The molecule has 5 heteroatoms. The molecule has 1 aromatic carbocycles. The summed E-state index contributed by atoms with van der Waals surface area (Å²) in [6.45, 7) is 3.79. The third kappa shape index (κ3) is 2.17. The van der Waals surface area contributed by atoms with Crippen LogP contribution in [-0.4, -0.2) is 10.2 Å². The highest BCUT2D eigenvalue weighted by Crippen LogP contribution is 2.29. The van der Waals surface area contributed by atoms with E-state index in [-0.39, 0.29) is 5.82 Å². The van der Waals surface area contributed by atoms with Crippen molar-refractivity contribution in [2.24, 2.45) is 0 Å². The monoisotopic (exact) mass is 312 g/mol. The number of benzene rings is 1. The van der Waals surface area contributed by atoms with Crippen LogP contribution in [0.5, 0.6) is 0 Å². The molecule has 0 bridgehead atoms. The lowest BCUT2D eigenvalue weighted by atomic mass is 10.0. The second kappa shape index (κ2) is 4.66. The van der Waals surface area contributed by atoms with Crippen molar-refractivity contribution in [2.75, 3.05) is 0 Å². The molecule has 2 nitrogen and oxygen atoms in total. The SMILES string of the molecule is Cc1c(-c2cccc(Br)c2F)n[nH]c(=S)c1C. The van der Waals surface area contributed by atoms with Gasteiger partial charge in [0.05, 0.1) is 10.2 Å². The number of rotatable bonds is 1. The first-order chi connectivity index (χ1) is 8.02. The van der Waals surface area contributed by atoms with E-state index in [9.17, 15) is 4.39 Å². The molecule has 0 aliphatic rings. The predicted molar refractivity (Wildman–Crippen MR) is 72.0 cm³/mol. The third-order valence-corrected chi connectivity index (χ3v) is 3.74. The van der Waals surface area contributed by atoms with Gasteiger partial charge in [-0.15, -0.1) is 0 Å². The van der Waals surface area contributed by atoms with Gasteiger partial charge in [0.2, 0.25) is 0 Å². The lowest BCUT2D eigenvalue weighted by Crippen LogP contribution is -1.98. The quantitative estimate of drug-likeness (QED) is 0.794. The van der Waals surface area contributed by atoms with Gasteiger partial charge in [0.25, 0.3) is 0 Å². The first kappa shape index (κ1) is 12.4. The number of aromatic amines is 1. The largest absolute Gasteiger partial charge is 0.267 e. The lowest BCUT2D eigenvalue weighted by Gasteiger charge is -2.09. The van der Waals surface area contributed by atoms with Crippen LogP contribution in [0.15, 0.2) is 22.7 Å². The molecule has 2 aromatic rings. The van der Waals surface area contributed by atoms with Gasteiger partial charge in [0, 0.05) is 5.56 Å². The van der Waals surface area contributed by atoms with Crippen molar-refractivity contribution in [1.29, 1.82) is 0 Å². The van der Waals surface area contributed by atoms with E-state index in [1.54, 1.807) is 18.2 Å². The number of H-pyrrole nitrogens is 1. The Hall–Kier alpha value is -1.07. The van der Waals surface area contributed by atoms with E-state index in [2.05, 4.69) is 26.1 Å². The molecule has 0 fully saturated rings. The molecule has 0 unspecified atom stereocenters. The summed E-state index contributed by atoms with van der Waals surface area (Å²) in [5, 5.41) is 6.86. The molecule has 0 spiro atoms. The summed E-state index contributed by atoms with van der Waals surface area (Å²) in [6.07, 6.45) is 0. The maximum Gasteiger partial charge on any atom is 0.146 e. The smallest absolute Gasteiger partial charge is 0.146 e. The standard InChI is InChI=1S/C12H10BrFN2S/c1-6-7(2)12(17)16-15-11(6)8-4-3-5-9(13)10(8)14/h3-5H,1-2H3,(H,16,17). The van der Waals surface area contributed by atoms with E-state index in [0.717, 1.165) is 11.1 Å². The molecule has 0 aliphatic carbocycles. The molecule has 0 amide bonds. The summed E-state index contributed by atoms with van der Waals surface area (Å²) in [6, 6.07) is 5.14. The van der Waals surface area contributed by atoms with E-state index in [1.807, 2.05) is 13.8 Å². The Kier molecular flexibility index (Phi) is 3.40. The fraction of sp³-hybridized carbons (Fsp3) is 0.167. The molecule has 17 heavy (non-hydrogen) atoms. The van der Waals surface area contributed by atoms with Gasteiger partial charge in [-0.1, -0.05) is 18.3 Å². The fourth-order valence-electron chi connectivity index (χ4n) is 1.57. The van der Waals surface area contributed by atoms with E-state index in [1.165, 1.54) is 0 Å². The van der Waals surface area contributed by atoms with E-state index in [0.29, 0.717) is 20.4 Å². The lowest BCUT2D eigenvalue weighted by molar-refractivity contribution is 0.623. The van der Waals surface area contributed by atoms with Crippen molar-refractivity contribution < 1.29 is 4.39 Å². The zero-order valence-electron chi connectivity index (χ0n) is 9.34. The summed E-state index contributed by atoms with van der Waals surface area (Å²) in [5.74, 6) is -0.312. The van der Waals surface area contributed by atoms with Crippen LogP contribution < -0.4 is 0 Å². The van der Waals surface area contributed by atoms with Gasteiger partial charge in [-0.3, -0.25) is 5.10 Å². The number of nitrogens with one attached hydrogen (secondary N) is 1. The van der Waals surface area contributed by atoms with Gasteiger partial charge in [-0.05, 0) is 53.0 Å². The molecule has 0 saturated heterocycles. The minimum absolute atomic E-state index is 0.312. The zero-order chi connectivity index (χ0) is 12.6. The molecule has 88 valence electrons. The minimum atomic E-state index is -0.312. The first-order valence-corrected chi connectivity index (χ1v) is 6.22. The van der Waals surface area contributed by atoms with Crippen molar-refractivity contribution in [3.63, 3.8) is 0 Å². The molecular weight excluding hydrogens is 303 g/mol. The molecule has 2 rings (SSSR count). The van der Waals surface area contributed by atoms with Crippen molar-refractivity contribution >= 4 is 28.1 Å². The van der Waals surface area contributed by atoms with Crippen LogP contribution in [0.3, 0.4) is 0 Å². The van der Waals surface area contributed by atoms with Crippen molar-refractivity contribution in [3.8, 4) is 11.3 Å². The second-order valence-electron chi connectivity index (χ2n) is 3.75. The van der Waals surface area contributed by atoms with Crippen LogP contribution in [0.2, 0.25) is 0 Å². The summed E-state index contributed by atoms with van der Waals surface area (Å²) in [5.41, 5.74) is 2.87. The number of nitrogens with zero attached hydrogens (tertiary/aromatic N) is 1.